The Labute approximate surface area is 124 Å². The summed E-state index contributed by atoms with van der Waals surface area (Å²) in [5, 5.41) is 13.9. The van der Waals surface area contributed by atoms with Crippen LogP contribution >= 0.6 is 11.8 Å². The van der Waals surface area contributed by atoms with E-state index in [-0.39, 0.29) is 10.6 Å². The molecule has 0 aliphatic heterocycles. The van der Waals surface area contributed by atoms with Gasteiger partial charge in [-0.3, -0.25) is 10.1 Å². The van der Waals surface area contributed by atoms with Gasteiger partial charge in [0.25, 0.3) is 5.69 Å². The molecule has 4 nitrogen and oxygen atoms in total. The van der Waals surface area contributed by atoms with Crippen LogP contribution in [0.1, 0.15) is 6.92 Å². The molecule has 110 valence electrons. The van der Waals surface area contributed by atoms with Crippen LogP contribution in [-0.2, 0) is 0 Å². The molecule has 2 rings (SSSR count). The van der Waals surface area contributed by atoms with Gasteiger partial charge >= 0.3 is 0 Å². The summed E-state index contributed by atoms with van der Waals surface area (Å²) in [7, 11) is 0. The van der Waals surface area contributed by atoms with Gasteiger partial charge in [-0.1, -0.05) is 11.8 Å². The minimum atomic E-state index is -0.698. The Hall–Kier alpha value is -2.15. The number of nitro benzene ring substituents is 1. The Morgan fingerprint density at radius 3 is 2.62 bits per heavy atom. The highest BCUT2D eigenvalue weighted by molar-refractivity contribution is 7.99. The van der Waals surface area contributed by atoms with Crippen molar-refractivity contribution in [2.75, 3.05) is 11.9 Å². The number of nitrogens with zero attached hydrogens (tertiary/aromatic N) is 1. The summed E-state index contributed by atoms with van der Waals surface area (Å²) in [4.78, 5) is 11.1. The minimum Gasteiger partial charge on any atom is -0.385 e. The van der Waals surface area contributed by atoms with Gasteiger partial charge in [0.15, 0.2) is 0 Å². The van der Waals surface area contributed by atoms with Crippen LogP contribution in [0.4, 0.5) is 20.2 Å². The maximum absolute atomic E-state index is 13.6. The van der Waals surface area contributed by atoms with Crippen molar-refractivity contribution in [2.45, 2.75) is 16.7 Å². The second-order valence-electron chi connectivity index (χ2n) is 4.18. The molecule has 0 aliphatic rings. The van der Waals surface area contributed by atoms with Gasteiger partial charge in [-0.15, -0.1) is 0 Å². The average Bonchev–Trinajstić information content (AvgIpc) is 2.42. The first-order chi connectivity index (χ1) is 9.99. The normalized spacial score (nSPS) is 10.4. The SMILES string of the molecule is CCNc1cc(Sc2ccc(F)cc2F)cc([N+](=O)[O-])c1. The smallest absolute Gasteiger partial charge is 0.272 e. The average molecular weight is 310 g/mol. The monoisotopic (exact) mass is 310 g/mol. The van der Waals surface area contributed by atoms with Gasteiger partial charge in [-0.2, -0.15) is 0 Å². The molecule has 0 atom stereocenters. The molecule has 0 aliphatic carbocycles. The third kappa shape index (κ3) is 3.91. The van der Waals surface area contributed by atoms with Crippen LogP contribution in [0.2, 0.25) is 0 Å². The van der Waals surface area contributed by atoms with E-state index in [9.17, 15) is 18.9 Å². The lowest BCUT2D eigenvalue weighted by Gasteiger charge is -2.07. The lowest BCUT2D eigenvalue weighted by molar-refractivity contribution is -0.385. The largest absolute Gasteiger partial charge is 0.385 e. The van der Waals surface area contributed by atoms with Crippen molar-refractivity contribution in [1.29, 1.82) is 0 Å². The van der Waals surface area contributed by atoms with Gasteiger partial charge in [0.05, 0.1) is 4.92 Å². The Kier molecular flexibility index (Phi) is 4.74. The summed E-state index contributed by atoms with van der Waals surface area (Å²) in [6, 6.07) is 7.69. The van der Waals surface area contributed by atoms with Gasteiger partial charge in [0.1, 0.15) is 11.6 Å². The predicted molar refractivity (Wildman–Crippen MR) is 77.7 cm³/mol. The molecular formula is C14H12F2N2O2S. The molecule has 21 heavy (non-hydrogen) atoms. The number of nitrogens with one attached hydrogen (secondary N) is 1. The zero-order valence-electron chi connectivity index (χ0n) is 11.1. The predicted octanol–water partition coefficient (Wildman–Crippen LogP) is 4.46. The van der Waals surface area contributed by atoms with Crippen LogP contribution in [0.25, 0.3) is 0 Å². The topological polar surface area (TPSA) is 55.2 Å². The standard InChI is InChI=1S/C14H12F2N2O2S/c1-2-17-10-6-11(18(19)20)8-12(7-10)21-14-4-3-9(15)5-13(14)16/h3-8,17H,2H2,1H3. The molecule has 0 saturated heterocycles. The molecule has 0 aromatic heterocycles. The van der Waals surface area contributed by atoms with Gasteiger partial charge < -0.3 is 5.32 Å². The molecule has 0 unspecified atom stereocenters. The quantitative estimate of drug-likeness (QED) is 0.654. The second kappa shape index (κ2) is 6.53. The number of non-ortho nitro benzene ring substituents is 1. The fraction of sp³-hybridized carbons (Fsp3) is 0.143. The lowest BCUT2D eigenvalue weighted by atomic mass is 10.3. The first-order valence-electron chi connectivity index (χ1n) is 6.16. The Bertz CT molecular complexity index is 680. The van der Waals surface area contributed by atoms with Crippen LogP contribution in [0.15, 0.2) is 46.2 Å². The van der Waals surface area contributed by atoms with E-state index in [1.165, 1.54) is 18.2 Å². The fourth-order valence-electron chi connectivity index (χ4n) is 1.74. The van der Waals surface area contributed by atoms with Crippen LogP contribution in [0.5, 0.6) is 0 Å². The molecular weight excluding hydrogens is 298 g/mol. The van der Waals surface area contributed by atoms with Crippen molar-refractivity contribution >= 4 is 23.1 Å². The van der Waals surface area contributed by atoms with Crippen LogP contribution in [0, 0.1) is 21.7 Å². The summed E-state index contributed by atoms with van der Waals surface area (Å²) in [6.45, 7) is 2.47. The number of nitro groups is 1. The maximum Gasteiger partial charge on any atom is 0.272 e. The van der Waals surface area contributed by atoms with Crippen LogP contribution in [-0.4, -0.2) is 11.5 Å². The lowest BCUT2D eigenvalue weighted by Crippen LogP contribution is -1.98. The Balaban J connectivity index is 2.36. The van der Waals surface area contributed by atoms with E-state index in [0.29, 0.717) is 17.1 Å². The number of hydrogen-bond donors (Lipinski definition) is 1. The number of hydrogen-bond acceptors (Lipinski definition) is 4. The third-order valence-corrected chi connectivity index (χ3v) is 3.63. The zero-order valence-corrected chi connectivity index (χ0v) is 11.9. The van der Waals surface area contributed by atoms with Crippen molar-refractivity contribution in [1.82, 2.24) is 0 Å². The Morgan fingerprint density at radius 2 is 2.00 bits per heavy atom. The molecule has 0 radical (unpaired) electrons. The summed E-state index contributed by atoms with van der Waals surface area (Å²) in [5.74, 6) is -1.36. The molecule has 0 saturated carbocycles. The molecule has 7 heteroatoms. The summed E-state index contributed by atoms with van der Waals surface area (Å²) in [5.41, 5.74) is 0.496. The van der Waals surface area contributed by atoms with Gasteiger partial charge in [0, 0.05) is 40.2 Å². The summed E-state index contributed by atoms with van der Waals surface area (Å²) >= 11 is 1.01. The molecule has 2 aromatic rings. The van der Waals surface area contributed by atoms with Crippen molar-refractivity contribution in [3.05, 3.63) is 58.1 Å². The van der Waals surface area contributed by atoms with E-state index < -0.39 is 16.6 Å². The zero-order chi connectivity index (χ0) is 15.4. The highest BCUT2D eigenvalue weighted by Gasteiger charge is 2.12. The highest BCUT2D eigenvalue weighted by atomic mass is 32.2. The number of anilines is 1. The summed E-state index contributed by atoms with van der Waals surface area (Å²) < 4.78 is 26.5. The molecule has 0 amide bonds. The van der Waals surface area contributed by atoms with E-state index >= 15 is 0 Å². The number of benzene rings is 2. The molecule has 2 aromatic carbocycles. The molecule has 0 heterocycles. The van der Waals surface area contributed by atoms with Crippen LogP contribution < -0.4 is 5.32 Å². The summed E-state index contributed by atoms with van der Waals surface area (Å²) in [6.07, 6.45) is 0. The van der Waals surface area contributed by atoms with E-state index in [2.05, 4.69) is 5.32 Å². The number of halogens is 2. The van der Waals surface area contributed by atoms with Crippen molar-refractivity contribution < 1.29 is 13.7 Å². The molecule has 1 N–H and O–H groups in total. The molecule has 0 fully saturated rings. The Morgan fingerprint density at radius 1 is 1.24 bits per heavy atom. The van der Waals surface area contributed by atoms with Gasteiger partial charge in [0.2, 0.25) is 0 Å². The molecule has 0 bridgehead atoms. The van der Waals surface area contributed by atoms with Crippen molar-refractivity contribution in [3.63, 3.8) is 0 Å². The molecule has 0 spiro atoms. The number of rotatable bonds is 5. The van der Waals surface area contributed by atoms with Crippen molar-refractivity contribution in [3.8, 4) is 0 Å². The second-order valence-corrected chi connectivity index (χ2v) is 5.30. The van der Waals surface area contributed by atoms with Gasteiger partial charge in [-0.05, 0) is 25.1 Å². The highest BCUT2D eigenvalue weighted by Crippen LogP contribution is 2.34. The van der Waals surface area contributed by atoms with Crippen molar-refractivity contribution in [2.24, 2.45) is 0 Å². The first-order valence-corrected chi connectivity index (χ1v) is 6.97. The van der Waals surface area contributed by atoms with E-state index in [0.717, 1.165) is 23.9 Å². The van der Waals surface area contributed by atoms with Gasteiger partial charge in [-0.25, -0.2) is 8.78 Å². The third-order valence-electron chi connectivity index (χ3n) is 2.60. The van der Waals surface area contributed by atoms with Crippen LogP contribution in [0.3, 0.4) is 0 Å². The van der Waals surface area contributed by atoms with E-state index in [4.69, 9.17) is 0 Å². The fourth-order valence-corrected chi connectivity index (χ4v) is 2.65. The van der Waals surface area contributed by atoms with E-state index in [1.807, 2.05) is 6.92 Å². The first kappa shape index (κ1) is 15.2. The van der Waals surface area contributed by atoms with E-state index in [1.54, 1.807) is 6.07 Å². The minimum absolute atomic E-state index is 0.0848. The maximum atomic E-state index is 13.6.